The summed E-state index contributed by atoms with van der Waals surface area (Å²) in [4.78, 5) is 21.4. The van der Waals surface area contributed by atoms with Crippen molar-refractivity contribution in [3.63, 3.8) is 0 Å². The first kappa shape index (κ1) is 38.1. The lowest BCUT2D eigenvalue weighted by atomic mass is 10.0. The molecular formula is C29H60NO6PS. The maximum atomic E-state index is 11.1. The molecule has 0 saturated carbocycles. The third kappa shape index (κ3) is 29.1. The summed E-state index contributed by atoms with van der Waals surface area (Å²) in [6, 6.07) is 0. The molecule has 0 heterocycles. The molecule has 0 aliphatic carbocycles. The largest absolute Gasteiger partial charge is 0.379 e. The van der Waals surface area contributed by atoms with Gasteiger partial charge < -0.3 is 33.5 Å². The van der Waals surface area contributed by atoms with Gasteiger partial charge in [-0.2, -0.15) is 0 Å². The van der Waals surface area contributed by atoms with Crippen LogP contribution in [0.2, 0.25) is 0 Å². The number of carbonyl (C=O) groups is 1. The number of ketones is 1. The molecule has 2 unspecified atom stereocenters. The van der Waals surface area contributed by atoms with Crippen molar-refractivity contribution in [2.45, 2.75) is 136 Å². The van der Waals surface area contributed by atoms with Gasteiger partial charge in [0.2, 0.25) is 0 Å². The summed E-state index contributed by atoms with van der Waals surface area (Å²) in [6.45, 7) is 6.02. The first-order valence-electron chi connectivity index (χ1n) is 15.4. The number of carbonyl (C=O) groups excluding carboxylic acids is 1. The molecule has 0 bridgehead atoms. The van der Waals surface area contributed by atoms with Crippen LogP contribution in [0.4, 0.5) is 0 Å². The van der Waals surface area contributed by atoms with E-state index in [2.05, 4.69) is 12.2 Å². The summed E-state index contributed by atoms with van der Waals surface area (Å²) < 4.78 is 22.6. The van der Waals surface area contributed by atoms with Crippen molar-refractivity contribution in [3.8, 4) is 0 Å². The average molecular weight is 582 g/mol. The molecule has 2 atom stereocenters. The minimum absolute atomic E-state index is 0.125. The number of Topliss-reactive ketones (excluding diaryl/α,β-unsaturated/α-hetero) is 1. The molecule has 0 spiro atoms. The molecule has 7 nitrogen and oxygen atoms in total. The molecule has 0 aliphatic heterocycles. The molecule has 0 amide bonds. The lowest BCUT2D eigenvalue weighted by Gasteiger charge is -2.22. The van der Waals surface area contributed by atoms with Crippen LogP contribution in [0, 0.1) is 0 Å². The van der Waals surface area contributed by atoms with Crippen molar-refractivity contribution < 1.29 is 28.2 Å². The number of likely N-dealkylation sites (N-methyl/N-ethyl adjacent to an activating group) is 1. The second-order valence-electron chi connectivity index (χ2n) is 10.3. The molecule has 0 rings (SSSR count). The first-order chi connectivity index (χ1) is 18.4. The van der Waals surface area contributed by atoms with Crippen LogP contribution in [0.1, 0.15) is 130 Å². The zero-order valence-corrected chi connectivity index (χ0v) is 26.6. The van der Waals surface area contributed by atoms with Gasteiger partial charge in [0, 0.05) is 26.2 Å². The summed E-state index contributed by atoms with van der Waals surface area (Å²) in [5.41, 5.74) is 0. The van der Waals surface area contributed by atoms with Crippen LogP contribution >= 0.6 is 6.72 Å². The van der Waals surface area contributed by atoms with Gasteiger partial charge in [-0.25, -0.2) is 0 Å². The summed E-state index contributed by atoms with van der Waals surface area (Å²) >= 11 is 5.11. The van der Waals surface area contributed by atoms with Gasteiger partial charge in [-0.1, -0.05) is 97.3 Å². The number of nitrogens with one attached hydrogen (secondary N) is 1. The Labute approximate surface area is 239 Å². The Hall–Kier alpha value is 0.0800. The Kier molecular flexibility index (Phi) is 28.7. The van der Waals surface area contributed by atoms with E-state index in [0.717, 1.165) is 25.8 Å². The second kappa shape index (κ2) is 28.6. The Morgan fingerprint density at radius 2 is 1.32 bits per heavy atom. The van der Waals surface area contributed by atoms with Crippen LogP contribution in [0.5, 0.6) is 0 Å². The van der Waals surface area contributed by atoms with Crippen molar-refractivity contribution >= 4 is 24.3 Å². The highest BCUT2D eigenvalue weighted by molar-refractivity contribution is 8.07. The van der Waals surface area contributed by atoms with E-state index >= 15 is 0 Å². The highest BCUT2D eigenvalue weighted by atomic mass is 32.5. The van der Waals surface area contributed by atoms with Gasteiger partial charge >= 0.3 is 6.72 Å². The van der Waals surface area contributed by atoms with E-state index in [1.54, 1.807) is 6.92 Å². The first-order valence-corrected chi connectivity index (χ1v) is 18.0. The van der Waals surface area contributed by atoms with Gasteiger partial charge in [0.1, 0.15) is 11.9 Å². The van der Waals surface area contributed by atoms with E-state index in [-0.39, 0.29) is 18.5 Å². The average Bonchev–Trinajstić information content (AvgIpc) is 2.88. The van der Waals surface area contributed by atoms with Crippen LogP contribution in [0.15, 0.2) is 0 Å². The molecule has 0 saturated heterocycles. The highest BCUT2D eigenvalue weighted by Crippen LogP contribution is 2.43. The molecule has 9 heteroatoms. The topological polar surface area (TPSA) is 86.2 Å². The normalized spacial score (nSPS) is 14.0. The minimum Gasteiger partial charge on any atom is -0.379 e. The van der Waals surface area contributed by atoms with Crippen molar-refractivity contribution in [1.82, 2.24) is 5.32 Å². The van der Waals surface area contributed by atoms with Crippen LogP contribution in [-0.2, 0) is 35.1 Å². The molecule has 0 aromatic carbocycles. The summed E-state index contributed by atoms with van der Waals surface area (Å²) in [5.74, 6) is 0.192. The standard InChI is InChI=1S/C29H60NO6PS/c1-4-6-7-8-9-10-11-12-13-14-15-16-17-19-23-33-26-29(34-24-20-18-21-28(3)31)27-36-37(32,38)35-25-22-30-5-2/h29-30H,4-27H2,1-3H3,(H,32,38). The zero-order valence-electron chi connectivity index (χ0n) is 24.9. The number of unbranched alkanes of at least 4 members (excludes halogenated alkanes) is 14. The smallest absolute Gasteiger partial charge is 0.324 e. The molecule has 38 heavy (non-hydrogen) atoms. The van der Waals surface area contributed by atoms with Crippen molar-refractivity contribution in [2.24, 2.45) is 0 Å². The SMILES string of the molecule is CCCCCCCCCCCCCCCCOCC(COP(O)(=S)OCCNCC)OCCCCC(C)=O. The van der Waals surface area contributed by atoms with Gasteiger partial charge in [0.15, 0.2) is 0 Å². The number of hydrogen-bond acceptors (Lipinski definition) is 7. The molecule has 0 radical (unpaired) electrons. The third-order valence-corrected chi connectivity index (χ3v) is 8.05. The van der Waals surface area contributed by atoms with Gasteiger partial charge in [-0.3, -0.25) is 0 Å². The van der Waals surface area contributed by atoms with Gasteiger partial charge in [0.05, 0.1) is 19.8 Å². The van der Waals surface area contributed by atoms with E-state index in [1.165, 1.54) is 83.5 Å². The maximum absolute atomic E-state index is 11.1. The van der Waals surface area contributed by atoms with E-state index in [4.69, 9.17) is 30.3 Å². The quantitative estimate of drug-likeness (QED) is 0.0643. The maximum Gasteiger partial charge on any atom is 0.324 e. The fourth-order valence-corrected chi connectivity index (χ4v) is 5.27. The highest BCUT2D eigenvalue weighted by Gasteiger charge is 2.19. The van der Waals surface area contributed by atoms with Crippen LogP contribution in [-0.4, -0.2) is 62.9 Å². The summed E-state index contributed by atoms with van der Waals surface area (Å²) in [7, 11) is 0. The molecule has 0 fully saturated rings. The van der Waals surface area contributed by atoms with E-state index in [1.807, 2.05) is 6.92 Å². The fraction of sp³-hybridized carbons (Fsp3) is 0.966. The third-order valence-electron chi connectivity index (χ3n) is 6.43. The Bertz CT molecular complexity index is 569. The Morgan fingerprint density at radius 3 is 1.87 bits per heavy atom. The Balaban J connectivity index is 3.94. The zero-order chi connectivity index (χ0) is 28.2. The van der Waals surface area contributed by atoms with Gasteiger partial charge in [0.25, 0.3) is 0 Å². The summed E-state index contributed by atoms with van der Waals surface area (Å²) in [6.07, 6.45) is 20.5. The van der Waals surface area contributed by atoms with Crippen LogP contribution < -0.4 is 5.32 Å². The number of rotatable bonds is 31. The van der Waals surface area contributed by atoms with Crippen molar-refractivity contribution in [1.29, 1.82) is 0 Å². The second-order valence-corrected chi connectivity index (χ2v) is 13.1. The predicted molar refractivity (Wildman–Crippen MR) is 162 cm³/mol. The lowest BCUT2D eigenvalue weighted by Crippen LogP contribution is -2.26. The Morgan fingerprint density at radius 1 is 0.763 bits per heavy atom. The van der Waals surface area contributed by atoms with Crippen LogP contribution in [0.3, 0.4) is 0 Å². The van der Waals surface area contributed by atoms with Gasteiger partial charge in [-0.05, 0) is 44.5 Å². The van der Waals surface area contributed by atoms with E-state index < -0.39 is 6.72 Å². The lowest BCUT2D eigenvalue weighted by molar-refractivity contribution is -0.117. The number of hydrogen-bond donors (Lipinski definition) is 2. The molecule has 228 valence electrons. The molecule has 2 N–H and O–H groups in total. The van der Waals surface area contributed by atoms with Gasteiger partial charge in [-0.15, -0.1) is 0 Å². The fourth-order valence-electron chi connectivity index (χ4n) is 4.11. The van der Waals surface area contributed by atoms with E-state index in [0.29, 0.717) is 39.4 Å². The monoisotopic (exact) mass is 581 g/mol. The number of ether oxygens (including phenoxy) is 2. The minimum atomic E-state index is -3.31. The van der Waals surface area contributed by atoms with Crippen molar-refractivity contribution in [2.75, 3.05) is 46.1 Å². The molecular weight excluding hydrogens is 521 g/mol. The summed E-state index contributed by atoms with van der Waals surface area (Å²) in [5, 5.41) is 3.12. The molecule has 0 aromatic rings. The predicted octanol–water partition coefficient (Wildman–Crippen LogP) is 7.49. The van der Waals surface area contributed by atoms with Crippen molar-refractivity contribution in [3.05, 3.63) is 0 Å². The molecule has 0 aromatic heterocycles. The van der Waals surface area contributed by atoms with Crippen LogP contribution in [0.25, 0.3) is 0 Å². The molecule has 0 aliphatic rings. The van der Waals surface area contributed by atoms with E-state index in [9.17, 15) is 9.69 Å².